The van der Waals surface area contributed by atoms with Gasteiger partial charge < -0.3 is 5.73 Å². The Hall–Kier alpha value is -0.640. The van der Waals surface area contributed by atoms with E-state index in [9.17, 15) is 4.39 Å². The van der Waals surface area contributed by atoms with E-state index in [4.69, 9.17) is 17.3 Å². The van der Waals surface area contributed by atoms with E-state index in [1.165, 1.54) is 0 Å². The van der Waals surface area contributed by atoms with Crippen molar-refractivity contribution in [1.29, 1.82) is 0 Å². The number of hydrogen-bond donors (Lipinski definition) is 1. The molecule has 1 aliphatic rings. The number of benzene rings is 1. The van der Waals surface area contributed by atoms with Crippen molar-refractivity contribution in [3.63, 3.8) is 0 Å². The van der Waals surface area contributed by atoms with Crippen molar-refractivity contribution < 1.29 is 4.39 Å². The Balaban J connectivity index is 2.15. The fraction of sp³-hybridized carbons (Fsp3) is 0.538. The minimum Gasteiger partial charge on any atom is -0.329 e. The lowest BCUT2D eigenvalue weighted by atomic mass is 10.1. The van der Waals surface area contributed by atoms with Gasteiger partial charge in [0.2, 0.25) is 0 Å². The molecule has 2 rings (SSSR count). The Morgan fingerprint density at radius 2 is 2.29 bits per heavy atom. The molecule has 0 aromatic heterocycles. The minimum atomic E-state index is -0.187. The van der Waals surface area contributed by atoms with Gasteiger partial charge in [0.1, 0.15) is 5.82 Å². The van der Waals surface area contributed by atoms with Gasteiger partial charge in [0.15, 0.2) is 0 Å². The molecule has 4 heteroatoms. The molecule has 1 aromatic rings. The van der Waals surface area contributed by atoms with E-state index < -0.39 is 0 Å². The zero-order chi connectivity index (χ0) is 12.4. The molecule has 1 aliphatic heterocycles. The summed E-state index contributed by atoms with van der Waals surface area (Å²) in [4.78, 5) is 2.29. The van der Waals surface area contributed by atoms with Crippen LogP contribution in [0.25, 0.3) is 0 Å². The molecule has 1 heterocycles. The lowest BCUT2D eigenvalue weighted by Crippen LogP contribution is -2.34. The molecule has 0 bridgehead atoms. The number of nitrogens with two attached hydrogens (primary N) is 1. The van der Waals surface area contributed by atoms with E-state index in [0.717, 1.165) is 24.9 Å². The molecule has 1 saturated heterocycles. The van der Waals surface area contributed by atoms with Crippen molar-refractivity contribution in [2.24, 2.45) is 5.73 Å². The van der Waals surface area contributed by atoms with Crippen molar-refractivity contribution in [3.8, 4) is 0 Å². The second-order valence-corrected chi connectivity index (χ2v) is 5.10. The maximum atomic E-state index is 13.5. The van der Waals surface area contributed by atoms with Crippen LogP contribution < -0.4 is 5.73 Å². The van der Waals surface area contributed by atoms with Gasteiger partial charge >= 0.3 is 0 Å². The zero-order valence-corrected chi connectivity index (χ0v) is 10.8. The van der Waals surface area contributed by atoms with Gasteiger partial charge in [-0.05, 0) is 49.6 Å². The number of rotatable bonds is 3. The van der Waals surface area contributed by atoms with Crippen LogP contribution in [-0.2, 0) is 6.54 Å². The molecule has 0 saturated carbocycles. The maximum absolute atomic E-state index is 13.5. The van der Waals surface area contributed by atoms with Gasteiger partial charge in [0.05, 0.1) is 0 Å². The van der Waals surface area contributed by atoms with Crippen molar-refractivity contribution in [1.82, 2.24) is 4.90 Å². The van der Waals surface area contributed by atoms with Gasteiger partial charge in [-0.25, -0.2) is 4.39 Å². The molecule has 17 heavy (non-hydrogen) atoms. The van der Waals surface area contributed by atoms with Crippen molar-refractivity contribution in [2.75, 3.05) is 13.1 Å². The van der Waals surface area contributed by atoms with Gasteiger partial charge in [0, 0.05) is 24.2 Å². The monoisotopic (exact) mass is 256 g/mol. The smallest absolute Gasteiger partial charge is 0.126 e. The largest absolute Gasteiger partial charge is 0.329 e. The van der Waals surface area contributed by atoms with Crippen LogP contribution >= 0.6 is 11.6 Å². The van der Waals surface area contributed by atoms with Crippen LogP contribution in [-0.4, -0.2) is 24.0 Å². The minimum absolute atomic E-state index is 0.187. The first-order valence-corrected chi connectivity index (χ1v) is 6.38. The third kappa shape index (κ3) is 2.79. The molecule has 1 atom stereocenters. The maximum Gasteiger partial charge on any atom is 0.126 e. The predicted octanol–water partition coefficient (Wildman–Crippen LogP) is 2.71. The average Bonchev–Trinajstić information content (AvgIpc) is 2.73. The fourth-order valence-corrected chi connectivity index (χ4v) is 2.68. The summed E-state index contributed by atoms with van der Waals surface area (Å²) in [7, 11) is 0. The number of likely N-dealkylation sites (tertiary alicyclic amines) is 1. The summed E-state index contributed by atoms with van der Waals surface area (Å²) in [5, 5.41) is 0.645. The lowest BCUT2D eigenvalue weighted by Gasteiger charge is -2.23. The Morgan fingerprint density at radius 3 is 3.00 bits per heavy atom. The number of halogens is 2. The number of aryl methyl sites for hydroxylation is 1. The molecule has 0 amide bonds. The van der Waals surface area contributed by atoms with Gasteiger partial charge in [-0.3, -0.25) is 4.90 Å². The molecule has 0 spiro atoms. The third-order valence-corrected chi connectivity index (χ3v) is 3.82. The van der Waals surface area contributed by atoms with E-state index in [-0.39, 0.29) is 5.82 Å². The van der Waals surface area contributed by atoms with E-state index in [1.807, 2.05) is 0 Å². The molecule has 2 N–H and O–H groups in total. The summed E-state index contributed by atoms with van der Waals surface area (Å²) in [6, 6.07) is 3.65. The highest BCUT2D eigenvalue weighted by molar-refractivity contribution is 6.31. The summed E-state index contributed by atoms with van der Waals surface area (Å²) >= 11 is 6.15. The fourth-order valence-electron chi connectivity index (χ4n) is 2.40. The first-order valence-electron chi connectivity index (χ1n) is 6.00. The van der Waals surface area contributed by atoms with E-state index in [1.54, 1.807) is 19.1 Å². The van der Waals surface area contributed by atoms with Crippen LogP contribution in [0.15, 0.2) is 12.1 Å². The summed E-state index contributed by atoms with van der Waals surface area (Å²) in [6.07, 6.45) is 2.29. The summed E-state index contributed by atoms with van der Waals surface area (Å²) < 4.78 is 13.5. The molecule has 1 fully saturated rings. The summed E-state index contributed by atoms with van der Waals surface area (Å²) in [5.41, 5.74) is 7.17. The topological polar surface area (TPSA) is 29.3 Å². The second kappa shape index (κ2) is 5.34. The van der Waals surface area contributed by atoms with Crippen LogP contribution in [0.5, 0.6) is 0 Å². The van der Waals surface area contributed by atoms with Crippen LogP contribution in [0.4, 0.5) is 4.39 Å². The number of hydrogen-bond acceptors (Lipinski definition) is 2. The van der Waals surface area contributed by atoms with Crippen LogP contribution in [0, 0.1) is 12.7 Å². The Morgan fingerprint density at radius 1 is 1.53 bits per heavy atom. The first kappa shape index (κ1) is 12.8. The Bertz CT molecular complexity index is 409. The van der Waals surface area contributed by atoms with Crippen LogP contribution in [0.1, 0.15) is 24.0 Å². The third-order valence-electron chi connectivity index (χ3n) is 3.47. The molecule has 2 nitrogen and oxygen atoms in total. The predicted molar refractivity (Wildman–Crippen MR) is 68.6 cm³/mol. The van der Waals surface area contributed by atoms with Crippen LogP contribution in [0.2, 0.25) is 5.02 Å². The van der Waals surface area contributed by atoms with Crippen LogP contribution in [0.3, 0.4) is 0 Å². The second-order valence-electron chi connectivity index (χ2n) is 4.70. The standard InChI is InChI=1S/C13H18ClFN2/c1-9-5-12(14)10(6-13(9)15)8-17-4-2-3-11(17)7-16/h5-6,11H,2-4,7-8,16H2,1H3. The highest BCUT2D eigenvalue weighted by Crippen LogP contribution is 2.25. The van der Waals surface area contributed by atoms with Gasteiger partial charge in [0.25, 0.3) is 0 Å². The molecule has 0 radical (unpaired) electrons. The summed E-state index contributed by atoms with van der Waals surface area (Å²) in [5.74, 6) is -0.187. The molecule has 1 aromatic carbocycles. The molecular weight excluding hydrogens is 239 g/mol. The quantitative estimate of drug-likeness (QED) is 0.901. The molecular formula is C13H18ClFN2. The van der Waals surface area contributed by atoms with Gasteiger partial charge in [-0.15, -0.1) is 0 Å². The Labute approximate surface area is 107 Å². The first-order chi connectivity index (χ1) is 8.11. The van der Waals surface area contributed by atoms with Crippen molar-refractivity contribution in [3.05, 3.63) is 34.1 Å². The normalized spacial score (nSPS) is 21.1. The van der Waals surface area contributed by atoms with E-state index in [0.29, 0.717) is 29.7 Å². The highest BCUT2D eigenvalue weighted by atomic mass is 35.5. The highest BCUT2D eigenvalue weighted by Gasteiger charge is 2.23. The zero-order valence-electron chi connectivity index (χ0n) is 10.0. The number of nitrogens with zero attached hydrogens (tertiary/aromatic N) is 1. The van der Waals surface area contributed by atoms with Crippen molar-refractivity contribution in [2.45, 2.75) is 32.4 Å². The summed E-state index contributed by atoms with van der Waals surface area (Å²) in [6.45, 7) is 4.10. The van der Waals surface area contributed by atoms with Gasteiger partial charge in [-0.1, -0.05) is 11.6 Å². The van der Waals surface area contributed by atoms with E-state index >= 15 is 0 Å². The molecule has 94 valence electrons. The lowest BCUT2D eigenvalue weighted by molar-refractivity contribution is 0.250. The molecule has 1 unspecified atom stereocenters. The molecule has 0 aliphatic carbocycles. The Kier molecular flexibility index (Phi) is 4.02. The van der Waals surface area contributed by atoms with Crippen molar-refractivity contribution >= 4 is 11.6 Å². The average molecular weight is 257 g/mol. The SMILES string of the molecule is Cc1cc(Cl)c(CN2CCCC2CN)cc1F. The van der Waals surface area contributed by atoms with E-state index in [2.05, 4.69) is 4.90 Å². The van der Waals surface area contributed by atoms with Gasteiger partial charge in [-0.2, -0.15) is 0 Å².